The maximum absolute atomic E-state index is 9.14. The van der Waals surface area contributed by atoms with Gasteiger partial charge in [0.1, 0.15) is 5.75 Å². The van der Waals surface area contributed by atoms with Crippen LogP contribution in [0.4, 0.5) is 0 Å². The van der Waals surface area contributed by atoms with Crippen LogP contribution in [0.1, 0.15) is 44.1 Å². The summed E-state index contributed by atoms with van der Waals surface area (Å²) in [6.07, 6.45) is 9.09. The molecule has 2 heteroatoms. The van der Waals surface area contributed by atoms with Gasteiger partial charge in [-0.2, -0.15) is 0 Å². The van der Waals surface area contributed by atoms with Gasteiger partial charge in [0.25, 0.3) is 0 Å². The van der Waals surface area contributed by atoms with Gasteiger partial charge in [-0.1, -0.05) is 53.7 Å². The molecule has 0 amide bonds. The molecule has 0 aliphatic heterocycles. The van der Waals surface area contributed by atoms with Crippen LogP contribution in [-0.2, 0) is 6.42 Å². The van der Waals surface area contributed by atoms with Crippen molar-refractivity contribution in [3.05, 3.63) is 29.8 Å². The summed E-state index contributed by atoms with van der Waals surface area (Å²) in [6.45, 7) is 0. The van der Waals surface area contributed by atoms with Crippen LogP contribution in [0.2, 0.25) is 0 Å². The number of halogens is 1. The second-order valence-electron chi connectivity index (χ2n) is 4.23. The molecule has 0 saturated carbocycles. The molecule has 0 aliphatic rings. The van der Waals surface area contributed by atoms with Crippen LogP contribution in [0.5, 0.6) is 5.75 Å². The lowest BCUT2D eigenvalue weighted by Gasteiger charge is -2.02. The van der Waals surface area contributed by atoms with Crippen LogP contribution < -0.4 is 0 Å². The molecule has 1 aromatic carbocycles. The zero-order chi connectivity index (χ0) is 11.6. The Bertz CT molecular complexity index is 269. The van der Waals surface area contributed by atoms with Gasteiger partial charge in [0, 0.05) is 5.33 Å². The summed E-state index contributed by atoms with van der Waals surface area (Å²) in [6, 6.07) is 7.57. The molecule has 90 valence electrons. The summed E-state index contributed by atoms with van der Waals surface area (Å²) in [5, 5.41) is 10.3. The minimum absolute atomic E-state index is 0.360. The molecule has 0 aliphatic carbocycles. The van der Waals surface area contributed by atoms with Gasteiger partial charge < -0.3 is 5.11 Å². The molecule has 0 aromatic heterocycles. The molecule has 0 radical (unpaired) electrons. The molecule has 0 unspecified atom stereocenters. The van der Waals surface area contributed by atoms with Crippen LogP contribution >= 0.6 is 15.9 Å². The Balaban J connectivity index is 2.01. The topological polar surface area (TPSA) is 20.2 Å². The van der Waals surface area contributed by atoms with Crippen LogP contribution in [0, 0.1) is 0 Å². The van der Waals surface area contributed by atoms with Gasteiger partial charge in [0.2, 0.25) is 0 Å². The lowest BCUT2D eigenvalue weighted by Crippen LogP contribution is -1.86. The molecule has 0 saturated heterocycles. The highest BCUT2D eigenvalue weighted by Crippen LogP contribution is 2.13. The van der Waals surface area contributed by atoms with E-state index in [4.69, 9.17) is 5.11 Å². The fourth-order valence-corrected chi connectivity index (χ4v) is 2.19. The van der Waals surface area contributed by atoms with E-state index in [2.05, 4.69) is 15.9 Å². The molecular weight excluding hydrogens is 264 g/mol. The Morgan fingerprint density at radius 2 is 1.38 bits per heavy atom. The molecule has 0 bridgehead atoms. The first-order valence-electron chi connectivity index (χ1n) is 6.17. The molecular formula is C14H21BrO. The normalized spacial score (nSPS) is 10.6. The predicted molar refractivity (Wildman–Crippen MR) is 73.3 cm³/mol. The standard InChI is InChI=1S/C14H21BrO/c15-12-6-4-2-1-3-5-7-13-8-10-14(16)11-9-13/h8-11,16H,1-7,12H2. The number of rotatable bonds is 8. The quantitative estimate of drug-likeness (QED) is 0.543. The highest BCUT2D eigenvalue weighted by Gasteiger charge is 1.94. The zero-order valence-corrected chi connectivity index (χ0v) is 11.4. The minimum atomic E-state index is 0.360. The molecule has 1 N–H and O–H groups in total. The van der Waals surface area contributed by atoms with Crippen LogP contribution in [0.25, 0.3) is 0 Å². The van der Waals surface area contributed by atoms with Crippen molar-refractivity contribution in [1.82, 2.24) is 0 Å². The lowest BCUT2D eigenvalue weighted by atomic mass is 10.1. The van der Waals surface area contributed by atoms with E-state index in [1.54, 1.807) is 12.1 Å². The monoisotopic (exact) mass is 284 g/mol. The van der Waals surface area contributed by atoms with E-state index in [1.165, 1.54) is 44.1 Å². The van der Waals surface area contributed by atoms with Crippen molar-refractivity contribution in [1.29, 1.82) is 0 Å². The van der Waals surface area contributed by atoms with Crippen molar-refractivity contribution in [3.63, 3.8) is 0 Å². The van der Waals surface area contributed by atoms with Gasteiger partial charge in [-0.15, -0.1) is 0 Å². The summed E-state index contributed by atoms with van der Waals surface area (Å²) < 4.78 is 0. The largest absolute Gasteiger partial charge is 0.508 e. The van der Waals surface area contributed by atoms with Crippen molar-refractivity contribution < 1.29 is 5.11 Å². The van der Waals surface area contributed by atoms with Crippen molar-refractivity contribution in [2.75, 3.05) is 5.33 Å². The van der Waals surface area contributed by atoms with E-state index in [9.17, 15) is 0 Å². The Morgan fingerprint density at radius 3 is 2.00 bits per heavy atom. The lowest BCUT2D eigenvalue weighted by molar-refractivity contribution is 0.475. The number of unbranched alkanes of at least 4 members (excludes halogenated alkanes) is 5. The van der Waals surface area contributed by atoms with E-state index in [0.29, 0.717) is 5.75 Å². The second-order valence-corrected chi connectivity index (χ2v) is 5.02. The fraction of sp³-hybridized carbons (Fsp3) is 0.571. The molecule has 1 rings (SSSR count). The average molecular weight is 285 g/mol. The number of alkyl halides is 1. The van der Waals surface area contributed by atoms with E-state index in [0.717, 1.165) is 11.8 Å². The van der Waals surface area contributed by atoms with Crippen molar-refractivity contribution in [2.45, 2.75) is 44.9 Å². The molecule has 0 heterocycles. The van der Waals surface area contributed by atoms with Crippen LogP contribution in [-0.4, -0.2) is 10.4 Å². The zero-order valence-electron chi connectivity index (χ0n) is 9.79. The Hall–Kier alpha value is -0.500. The summed E-state index contributed by atoms with van der Waals surface area (Å²) in [4.78, 5) is 0. The molecule has 0 atom stereocenters. The Morgan fingerprint density at radius 1 is 0.812 bits per heavy atom. The van der Waals surface area contributed by atoms with Gasteiger partial charge in [0.05, 0.1) is 0 Å². The van der Waals surface area contributed by atoms with Gasteiger partial charge in [-0.3, -0.25) is 0 Å². The first-order valence-corrected chi connectivity index (χ1v) is 7.29. The van der Waals surface area contributed by atoms with Gasteiger partial charge in [0.15, 0.2) is 0 Å². The SMILES string of the molecule is Oc1ccc(CCCCCCCCBr)cc1. The van der Waals surface area contributed by atoms with E-state index in [-0.39, 0.29) is 0 Å². The third-order valence-electron chi connectivity index (χ3n) is 2.79. The van der Waals surface area contributed by atoms with Crippen LogP contribution in [0.3, 0.4) is 0 Å². The Kier molecular flexibility index (Phi) is 7.32. The highest BCUT2D eigenvalue weighted by molar-refractivity contribution is 9.09. The Labute approximate surface area is 107 Å². The van der Waals surface area contributed by atoms with E-state index >= 15 is 0 Å². The van der Waals surface area contributed by atoms with Crippen molar-refractivity contribution in [3.8, 4) is 5.75 Å². The third-order valence-corrected chi connectivity index (χ3v) is 3.35. The van der Waals surface area contributed by atoms with Crippen LogP contribution in [0.15, 0.2) is 24.3 Å². The first-order chi connectivity index (χ1) is 7.83. The van der Waals surface area contributed by atoms with Crippen molar-refractivity contribution in [2.24, 2.45) is 0 Å². The summed E-state index contributed by atoms with van der Waals surface area (Å²) >= 11 is 3.45. The number of phenolic OH excluding ortho intramolecular Hbond substituents is 1. The summed E-state index contributed by atoms with van der Waals surface area (Å²) in [7, 11) is 0. The number of hydrogen-bond acceptors (Lipinski definition) is 1. The minimum Gasteiger partial charge on any atom is -0.508 e. The number of aryl methyl sites for hydroxylation is 1. The maximum atomic E-state index is 9.14. The average Bonchev–Trinajstić information content (AvgIpc) is 2.30. The summed E-state index contributed by atoms with van der Waals surface area (Å²) in [5.41, 5.74) is 1.33. The smallest absolute Gasteiger partial charge is 0.115 e. The number of benzene rings is 1. The molecule has 0 fully saturated rings. The third kappa shape index (κ3) is 6.16. The fourth-order valence-electron chi connectivity index (χ4n) is 1.79. The number of aromatic hydroxyl groups is 1. The maximum Gasteiger partial charge on any atom is 0.115 e. The van der Waals surface area contributed by atoms with E-state index < -0.39 is 0 Å². The van der Waals surface area contributed by atoms with Gasteiger partial charge >= 0.3 is 0 Å². The van der Waals surface area contributed by atoms with E-state index in [1.807, 2.05) is 12.1 Å². The number of phenols is 1. The highest BCUT2D eigenvalue weighted by atomic mass is 79.9. The predicted octanol–water partition coefficient (Wildman–Crippen LogP) is 4.67. The molecule has 16 heavy (non-hydrogen) atoms. The first kappa shape index (κ1) is 13.6. The molecule has 0 spiro atoms. The number of hydrogen-bond donors (Lipinski definition) is 1. The molecule has 1 nitrogen and oxygen atoms in total. The van der Waals surface area contributed by atoms with Crippen molar-refractivity contribution >= 4 is 15.9 Å². The summed E-state index contributed by atoms with van der Waals surface area (Å²) in [5.74, 6) is 0.360. The molecule has 1 aromatic rings. The van der Waals surface area contributed by atoms with Gasteiger partial charge in [-0.05, 0) is 37.0 Å². The second kappa shape index (κ2) is 8.63. The van der Waals surface area contributed by atoms with Gasteiger partial charge in [-0.25, -0.2) is 0 Å².